The lowest BCUT2D eigenvalue weighted by molar-refractivity contribution is -0.368. The van der Waals surface area contributed by atoms with E-state index in [0.29, 0.717) is 18.8 Å². The number of unbranched alkanes of at least 4 members (excludes halogenated alkanes) is 5. The molecule has 1 aromatic carbocycles. The molecule has 6 aliphatic heterocycles. The molecule has 0 spiro atoms. The molecule has 6 saturated heterocycles. The van der Waals surface area contributed by atoms with Crippen LogP contribution in [0.25, 0.3) is 0 Å². The van der Waals surface area contributed by atoms with Crippen molar-refractivity contribution in [2.75, 3.05) is 39.6 Å². The number of carbonyl (C=O) groups excluding carboxylic acids is 5. The van der Waals surface area contributed by atoms with Gasteiger partial charge in [0.05, 0.1) is 45.7 Å². The zero-order valence-corrected chi connectivity index (χ0v) is 55.2. The molecular weight excluding hydrogens is 1310 g/mol. The average molecular weight is 1410 g/mol. The third kappa shape index (κ3) is 20.5. The van der Waals surface area contributed by atoms with Gasteiger partial charge in [0.2, 0.25) is 23.6 Å². The van der Waals surface area contributed by atoms with Crippen LogP contribution in [0.5, 0.6) is 5.75 Å². The summed E-state index contributed by atoms with van der Waals surface area (Å²) in [4.78, 5) is 65.0. The maximum atomic E-state index is 13.9. The fourth-order valence-electron chi connectivity index (χ4n) is 12.4. The molecule has 30 atom stereocenters. The molecule has 36 nitrogen and oxygen atoms in total. The first-order valence-corrected chi connectivity index (χ1v) is 32.8. The summed E-state index contributed by atoms with van der Waals surface area (Å²) in [6, 6.07) is -2.52. The van der Waals surface area contributed by atoms with Gasteiger partial charge in [0.25, 0.3) is 5.91 Å². The molecule has 7 rings (SSSR count). The first-order valence-electron chi connectivity index (χ1n) is 32.8. The van der Waals surface area contributed by atoms with Crippen LogP contribution in [0.15, 0.2) is 36.4 Å². The van der Waals surface area contributed by atoms with Crippen LogP contribution in [0, 0.1) is 0 Å². The number of hydrogen-bond donors (Lipinski definition) is 19. The van der Waals surface area contributed by atoms with Crippen LogP contribution in [0.2, 0.25) is 0 Å². The lowest BCUT2D eigenvalue weighted by atomic mass is 9.93. The molecule has 13 unspecified atom stereocenters. The number of benzene rings is 1. The highest BCUT2D eigenvalue weighted by atomic mass is 16.8. The second kappa shape index (κ2) is 37.9. The Morgan fingerprint density at radius 1 is 0.449 bits per heavy atom. The Morgan fingerprint density at radius 3 is 1.34 bits per heavy atom. The van der Waals surface area contributed by atoms with Crippen LogP contribution in [0.3, 0.4) is 0 Å². The standard InChI is InChI=1S/C62H99N5O31/c1-7-8-9-10-11-12-13-14-15-19-87-32-18-16-17-31(20-32)56(85)67-39-45(78)44(77)33(21-68)91-58(39)95-52-34(22-69)92-59(40(47(52)80)64-28(4)73)96-53-35(23-70)93-60(41(48(53)81)65-29(5)74)97-54-36(24-71)94-61(42(49(54)82)66-30(6)75)98-55-37(90-57(86)38(46(55)79)63-27(3)72)25-88-62-51(84)50(83)43(76)26(2)89-62/h12-13,16-18,20,26,33-55,57-62,68-71,76-84,86H,7-11,14-15,19,21-25H2,1-6H3,(H,63,72)(H,64,73)(H,65,74)(H,66,75)(H,67,85)/b13-12-/t26?,33?,34-,35?,36-,37?,38-,39-,40?,41-,42?,43+,44+,45?,46?,47?,48?,49?,50+,51?,52+,53+,54+,55+,57?,58-,59-,60-,61-,62+/m0/s1. The third-order valence-corrected chi connectivity index (χ3v) is 17.6. The highest BCUT2D eigenvalue weighted by Gasteiger charge is 2.58. The third-order valence-electron chi connectivity index (χ3n) is 17.6. The summed E-state index contributed by atoms with van der Waals surface area (Å²) < 4.78 is 71.9. The van der Waals surface area contributed by atoms with Gasteiger partial charge in [-0.1, -0.05) is 44.4 Å². The quantitative estimate of drug-likeness (QED) is 0.0243. The molecule has 5 amide bonds. The lowest BCUT2D eigenvalue weighted by Crippen LogP contribution is -2.72. The van der Waals surface area contributed by atoms with Crippen molar-refractivity contribution in [3.63, 3.8) is 0 Å². The normalized spacial score (nSPS) is 39.9. The minimum atomic E-state index is -2.07. The maximum absolute atomic E-state index is 13.9. The fraction of sp³-hybridized carbons (Fsp3) is 0.790. The predicted octanol–water partition coefficient (Wildman–Crippen LogP) is -7.37. The van der Waals surface area contributed by atoms with Crippen LogP contribution in [-0.4, -0.2) is 325 Å². The molecule has 6 fully saturated rings. The molecule has 1 aromatic rings. The molecule has 0 aromatic heterocycles. The summed E-state index contributed by atoms with van der Waals surface area (Å²) in [7, 11) is 0. The summed E-state index contributed by atoms with van der Waals surface area (Å²) in [5, 5.41) is 168. The highest BCUT2D eigenvalue weighted by Crippen LogP contribution is 2.37. The molecule has 0 bridgehead atoms. The highest BCUT2D eigenvalue weighted by molar-refractivity contribution is 5.94. The van der Waals surface area contributed by atoms with Crippen LogP contribution >= 0.6 is 0 Å². The molecule has 6 heterocycles. The number of amides is 5. The number of nitrogens with one attached hydrogen (secondary N) is 5. The SMILES string of the molecule is CCCCCC/C=C\CCCOc1cccc(C(=O)N[C@H]2C(O)[C@H](O)C(CO)O[C@H]2O[C@H]2C(O)C(NC(C)=O)[C@H](O[C@@H]3C(CO)O[C@@H](O[C@H]4C(O)C(NC(C)=O)[C@H](O[C@@H]5C(CO[C@@H]6OC(C)[C@@H](O)[C@@H](O)C6O)OC(O)[C@@H](NC(C)=O)C5O)O[C@H]4CO)[C@@H](NC(C)=O)C3O)O[C@H]2CO)c1. The van der Waals surface area contributed by atoms with Crippen molar-refractivity contribution in [2.45, 2.75) is 270 Å². The van der Waals surface area contributed by atoms with E-state index in [0.717, 1.165) is 53.4 Å². The van der Waals surface area contributed by atoms with Crippen molar-refractivity contribution in [1.29, 1.82) is 0 Å². The van der Waals surface area contributed by atoms with E-state index in [2.05, 4.69) is 45.7 Å². The van der Waals surface area contributed by atoms with E-state index in [-0.39, 0.29) is 5.56 Å². The minimum Gasteiger partial charge on any atom is -0.494 e. The number of aliphatic hydroxyl groups excluding tert-OH is 14. The second-order valence-corrected chi connectivity index (χ2v) is 25.1. The molecule has 19 N–H and O–H groups in total. The summed E-state index contributed by atoms with van der Waals surface area (Å²) in [6.07, 6.45) is -33.6. The van der Waals surface area contributed by atoms with Crippen molar-refractivity contribution in [2.24, 2.45) is 0 Å². The smallest absolute Gasteiger partial charge is 0.251 e. The van der Waals surface area contributed by atoms with E-state index >= 15 is 0 Å². The predicted molar refractivity (Wildman–Crippen MR) is 328 cm³/mol. The second-order valence-electron chi connectivity index (χ2n) is 25.1. The Bertz CT molecular complexity index is 2710. The van der Waals surface area contributed by atoms with E-state index in [1.54, 1.807) is 12.1 Å². The van der Waals surface area contributed by atoms with Gasteiger partial charge in [-0.05, 0) is 50.8 Å². The van der Waals surface area contributed by atoms with Crippen LogP contribution in [-0.2, 0) is 71.3 Å². The number of aliphatic hydroxyl groups is 14. The monoisotopic (exact) mass is 1410 g/mol. The van der Waals surface area contributed by atoms with Crippen molar-refractivity contribution >= 4 is 29.5 Å². The Hall–Kier alpha value is -4.89. The van der Waals surface area contributed by atoms with E-state index in [4.69, 9.17) is 56.8 Å². The number of allylic oxidation sites excluding steroid dienone is 2. The Morgan fingerprint density at radius 2 is 0.878 bits per heavy atom. The van der Waals surface area contributed by atoms with Crippen LogP contribution < -0.4 is 31.3 Å². The summed E-state index contributed by atoms with van der Waals surface area (Å²) in [6.45, 7) is 3.29. The number of hydrogen-bond acceptors (Lipinski definition) is 31. The molecule has 6 aliphatic rings. The van der Waals surface area contributed by atoms with Gasteiger partial charge in [-0.25, -0.2) is 0 Å². The zero-order chi connectivity index (χ0) is 71.8. The molecular formula is C62H99N5O31. The van der Waals surface area contributed by atoms with Gasteiger partial charge in [0.15, 0.2) is 37.7 Å². The molecule has 558 valence electrons. The van der Waals surface area contributed by atoms with Gasteiger partial charge >= 0.3 is 0 Å². The van der Waals surface area contributed by atoms with Gasteiger partial charge in [-0.3, -0.25) is 24.0 Å². The zero-order valence-electron chi connectivity index (χ0n) is 55.2. The molecule has 0 aliphatic carbocycles. The molecule has 0 radical (unpaired) electrons. The van der Waals surface area contributed by atoms with Gasteiger partial charge in [0.1, 0.15) is 146 Å². The molecule has 36 heteroatoms. The Labute approximate surface area is 564 Å². The first kappa shape index (κ1) is 80.4. The first-order chi connectivity index (χ1) is 46.7. The number of ether oxygens (including phenoxy) is 12. The van der Waals surface area contributed by atoms with Crippen molar-refractivity contribution < 1.29 is 152 Å². The van der Waals surface area contributed by atoms with E-state index in [1.807, 2.05) is 0 Å². The maximum Gasteiger partial charge on any atom is 0.251 e. The van der Waals surface area contributed by atoms with E-state index in [9.17, 15) is 95.5 Å². The largest absolute Gasteiger partial charge is 0.494 e. The lowest BCUT2D eigenvalue weighted by Gasteiger charge is -2.51. The summed E-state index contributed by atoms with van der Waals surface area (Å²) in [5.41, 5.74) is 0.0454. The number of rotatable bonds is 31. The Kier molecular flexibility index (Phi) is 31.1. The van der Waals surface area contributed by atoms with Gasteiger partial charge in [-0.2, -0.15) is 0 Å². The average Bonchev–Trinajstić information content (AvgIpc) is 0.771. The van der Waals surface area contributed by atoms with Crippen LogP contribution in [0.4, 0.5) is 0 Å². The van der Waals surface area contributed by atoms with Gasteiger partial charge < -0.3 is 155 Å². The summed E-state index contributed by atoms with van der Waals surface area (Å²) in [5.74, 6) is -3.72. The molecule has 0 saturated carbocycles. The van der Waals surface area contributed by atoms with E-state index in [1.165, 1.54) is 31.9 Å². The van der Waals surface area contributed by atoms with Crippen molar-refractivity contribution in [3.8, 4) is 5.75 Å². The molecule has 98 heavy (non-hydrogen) atoms. The Balaban J connectivity index is 1.07. The van der Waals surface area contributed by atoms with Crippen molar-refractivity contribution in [3.05, 3.63) is 42.0 Å². The summed E-state index contributed by atoms with van der Waals surface area (Å²) >= 11 is 0. The minimum absolute atomic E-state index is 0.0454. The van der Waals surface area contributed by atoms with Gasteiger partial charge in [0, 0.05) is 33.3 Å². The van der Waals surface area contributed by atoms with E-state index < -0.39 is 246 Å². The topological polar surface area (TPSA) is 539 Å². The van der Waals surface area contributed by atoms with Crippen molar-refractivity contribution in [1.82, 2.24) is 26.6 Å². The number of carbonyl (C=O) groups is 5. The van der Waals surface area contributed by atoms with Gasteiger partial charge in [-0.15, -0.1) is 0 Å². The fourth-order valence-corrected chi connectivity index (χ4v) is 12.4. The van der Waals surface area contributed by atoms with Crippen LogP contribution in [0.1, 0.15) is 96.8 Å².